The third-order valence-electron chi connectivity index (χ3n) is 1.67. The summed E-state index contributed by atoms with van der Waals surface area (Å²) in [6, 6.07) is 7.18. The van der Waals surface area contributed by atoms with Crippen molar-refractivity contribution in [2.45, 2.75) is 11.8 Å². The van der Waals surface area contributed by atoms with E-state index in [-0.39, 0.29) is 5.97 Å². The standard InChI is InChI=1S/C10H10BrClO2/c1-2-14-10(13)9(11)7-5-3-4-6-8(7)12/h3-6,9H,2H2,1H3/t9-/m1/s1. The fraction of sp³-hybridized carbons (Fsp3) is 0.300. The van der Waals surface area contributed by atoms with Crippen molar-refractivity contribution in [3.05, 3.63) is 34.9 Å². The molecular weight excluding hydrogens is 267 g/mol. The second-order valence-corrected chi connectivity index (χ2v) is 3.96. The van der Waals surface area contributed by atoms with Gasteiger partial charge >= 0.3 is 5.97 Å². The minimum Gasteiger partial charge on any atom is -0.465 e. The molecule has 76 valence electrons. The molecule has 0 fully saturated rings. The van der Waals surface area contributed by atoms with E-state index in [4.69, 9.17) is 16.3 Å². The highest BCUT2D eigenvalue weighted by atomic mass is 79.9. The molecule has 0 saturated carbocycles. The summed E-state index contributed by atoms with van der Waals surface area (Å²) in [7, 11) is 0. The van der Waals surface area contributed by atoms with Gasteiger partial charge < -0.3 is 4.74 Å². The summed E-state index contributed by atoms with van der Waals surface area (Å²) in [6.45, 7) is 2.13. The molecule has 0 spiro atoms. The van der Waals surface area contributed by atoms with Gasteiger partial charge in [-0.05, 0) is 18.6 Å². The lowest BCUT2D eigenvalue weighted by Crippen LogP contribution is -2.10. The van der Waals surface area contributed by atoms with Gasteiger partial charge in [0.15, 0.2) is 0 Å². The van der Waals surface area contributed by atoms with Crippen LogP contribution in [0, 0.1) is 0 Å². The second kappa shape index (κ2) is 5.37. The zero-order valence-corrected chi connectivity index (χ0v) is 10.0. The zero-order valence-electron chi connectivity index (χ0n) is 7.67. The van der Waals surface area contributed by atoms with Crippen molar-refractivity contribution in [1.82, 2.24) is 0 Å². The number of esters is 1. The van der Waals surface area contributed by atoms with Crippen LogP contribution in [-0.2, 0) is 9.53 Å². The van der Waals surface area contributed by atoms with Crippen LogP contribution in [0.4, 0.5) is 0 Å². The van der Waals surface area contributed by atoms with Crippen molar-refractivity contribution < 1.29 is 9.53 Å². The SMILES string of the molecule is CCOC(=O)[C@H](Br)c1ccccc1Cl. The lowest BCUT2D eigenvalue weighted by atomic mass is 10.1. The van der Waals surface area contributed by atoms with E-state index < -0.39 is 4.83 Å². The van der Waals surface area contributed by atoms with Crippen LogP contribution in [-0.4, -0.2) is 12.6 Å². The summed E-state index contributed by atoms with van der Waals surface area (Å²) >= 11 is 9.17. The van der Waals surface area contributed by atoms with E-state index in [1.54, 1.807) is 19.1 Å². The first kappa shape index (κ1) is 11.5. The molecule has 4 heteroatoms. The Balaban J connectivity index is 2.84. The monoisotopic (exact) mass is 276 g/mol. The van der Waals surface area contributed by atoms with E-state index in [2.05, 4.69) is 15.9 Å². The van der Waals surface area contributed by atoms with Crippen molar-refractivity contribution in [3.63, 3.8) is 0 Å². The van der Waals surface area contributed by atoms with Gasteiger partial charge in [-0.1, -0.05) is 45.7 Å². The van der Waals surface area contributed by atoms with E-state index in [1.165, 1.54) is 0 Å². The molecule has 1 atom stereocenters. The molecular formula is C10H10BrClO2. The molecule has 1 aromatic carbocycles. The Kier molecular flexibility index (Phi) is 4.42. The fourth-order valence-corrected chi connectivity index (χ4v) is 1.93. The van der Waals surface area contributed by atoms with Gasteiger partial charge in [0.2, 0.25) is 0 Å². The number of alkyl halides is 1. The number of hydrogen-bond donors (Lipinski definition) is 0. The Morgan fingerprint density at radius 3 is 2.79 bits per heavy atom. The smallest absolute Gasteiger partial charge is 0.324 e. The van der Waals surface area contributed by atoms with Crippen LogP contribution in [0.2, 0.25) is 5.02 Å². The Morgan fingerprint density at radius 1 is 1.57 bits per heavy atom. The number of halogens is 2. The molecule has 0 amide bonds. The summed E-state index contributed by atoms with van der Waals surface area (Å²) in [6.07, 6.45) is 0. The Hall–Kier alpha value is -0.540. The third-order valence-corrected chi connectivity index (χ3v) is 2.88. The highest BCUT2D eigenvalue weighted by molar-refractivity contribution is 9.09. The van der Waals surface area contributed by atoms with E-state index >= 15 is 0 Å². The summed E-state index contributed by atoms with van der Waals surface area (Å²) in [5.41, 5.74) is 0.729. The molecule has 0 aromatic heterocycles. The number of carbonyl (C=O) groups excluding carboxylic acids is 1. The van der Waals surface area contributed by atoms with Crippen LogP contribution in [0.15, 0.2) is 24.3 Å². The molecule has 0 heterocycles. The molecule has 0 bridgehead atoms. The molecule has 0 saturated heterocycles. The quantitative estimate of drug-likeness (QED) is 0.626. The number of carbonyl (C=O) groups is 1. The predicted octanol–water partition coefficient (Wildman–Crippen LogP) is 3.34. The van der Waals surface area contributed by atoms with Gasteiger partial charge in [0.1, 0.15) is 4.83 Å². The zero-order chi connectivity index (χ0) is 10.6. The summed E-state index contributed by atoms with van der Waals surface area (Å²) in [5.74, 6) is -0.319. The molecule has 0 unspecified atom stereocenters. The maximum absolute atomic E-state index is 11.4. The van der Waals surface area contributed by atoms with Crippen LogP contribution in [0.25, 0.3) is 0 Å². The highest BCUT2D eigenvalue weighted by Crippen LogP contribution is 2.29. The third kappa shape index (κ3) is 2.72. The van der Waals surface area contributed by atoms with Crippen molar-refractivity contribution >= 4 is 33.5 Å². The first-order valence-corrected chi connectivity index (χ1v) is 5.51. The summed E-state index contributed by atoms with van der Waals surface area (Å²) in [5, 5.41) is 0.558. The van der Waals surface area contributed by atoms with Crippen molar-refractivity contribution in [2.75, 3.05) is 6.61 Å². The maximum Gasteiger partial charge on any atom is 0.324 e. The minimum absolute atomic E-state index is 0.319. The molecule has 0 radical (unpaired) electrons. The van der Waals surface area contributed by atoms with E-state index in [0.717, 1.165) is 5.56 Å². The minimum atomic E-state index is -0.490. The van der Waals surface area contributed by atoms with E-state index in [1.807, 2.05) is 12.1 Å². The summed E-state index contributed by atoms with van der Waals surface area (Å²) < 4.78 is 4.87. The molecule has 0 aliphatic rings. The first-order chi connectivity index (χ1) is 6.66. The van der Waals surface area contributed by atoms with Crippen LogP contribution in [0.3, 0.4) is 0 Å². The van der Waals surface area contributed by atoms with Crippen LogP contribution in [0.1, 0.15) is 17.3 Å². The largest absolute Gasteiger partial charge is 0.465 e. The molecule has 0 aliphatic heterocycles. The number of ether oxygens (including phenoxy) is 1. The average Bonchev–Trinajstić information content (AvgIpc) is 2.18. The lowest BCUT2D eigenvalue weighted by molar-refractivity contribution is -0.142. The number of benzene rings is 1. The van der Waals surface area contributed by atoms with Crippen LogP contribution >= 0.6 is 27.5 Å². The first-order valence-electron chi connectivity index (χ1n) is 4.22. The Bertz CT molecular complexity index is 328. The Labute approximate surface area is 96.3 Å². The Morgan fingerprint density at radius 2 is 2.21 bits per heavy atom. The van der Waals surface area contributed by atoms with Gasteiger partial charge in [-0.25, -0.2) is 0 Å². The predicted molar refractivity (Wildman–Crippen MR) is 59.8 cm³/mol. The average molecular weight is 278 g/mol. The normalized spacial score (nSPS) is 12.2. The fourth-order valence-electron chi connectivity index (χ4n) is 1.02. The van der Waals surface area contributed by atoms with E-state index in [0.29, 0.717) is 11.6 Å². The lowest BCUT2D eigenvalue weighted by Gasteiger charge is -2.10. The van der Waals surface area contributed by atoms with Crippen molar-refractivity contribution in [3.8, 4) is 0 Å². The maximum atomic E-state index is 11.4. The summed E-state index contributed by atoms with van der Waals surface area (Å²) in [4.78, 5) is 10.9. The molecule has 0 N–H and O–H groups in total. The highest BCUT2D eigenvalue weighted by Gasteiger charge is 2.20. The van der Waals surface area contributed by atoms with Gasteiger partial charge in [-0.15, -0.1) is 0 Å². The van der Waals surface area contributed by atoms with Crippen molar-refractivity contribution in [2.24, 2.45) is 0 Å². The molecule has 1 rings (SSSR count). The van der Waals surface area contributed by atoms with Gasteiger partial charge in [0.25, 0.3) is 0 Å². The molecule has 0 aliphatic carbocycles. The number of hydrogen-bond acceptors (Lipinski definition) is 2. The van der Waals surface area contributed by atoms with Gasteiger partial charge in [0.05, 0.1) is 6.61 Å². The topological polar surface area (TPSA) is 26.3 Å². The molecule has 2 nitrogen and oxygen atoms in total. The molecule has 1 aromatic rings. The van der Waals surface area contributed by atoms with E-state index in [9.17, 15) is 4.79 Å². The van der Waals surface area contributed by atoms with Gasteiger partial charge in [-0.2, -0.15) is 0 Å². The molecule has 14 heavy (non-hydrogen) atoms. The van der Waals surface area contributed by atoms with Crippen LogP contribution < -0.4 is 0 Å². The number of rotatable bonds is 3. The van der Waals surface area contributed by atoms with Crippen LogP contribution in [0.5, 0.6) is 0 Å². The van der Waals surface area contributed by atoms with Crippen molar-refractivity contribution in [1.29, 1.82) is 0 Å². The van der Waals surface area contributed by atoms with Gasteiger partial charge in [-0.3, -0.25) is 4.79 Å². The van der Waals surface area contributed by atoms with Gasteiger partial charge in [0, 0.05) is 5.02 Å². The second-order valence-electron chi connectivity index (χ2n) is 2.64.